The van der Waals surface area contributed by atoms with Gasteiger partial charge in [0.15, 0.2) is 0 Å². The van der Waals surface area contributed by atoms with E-state index in [-0.39, 0.29) is 6.04 Å². The Labute approximate surface area is 84.4 Å². The van der Waals surface area contributed by atoms with Crippen LogP contribution in [0.15, 0.2) is 12.2 Å². The molecule has 0 radical (unpaired) electrons. The van der Waals surface area contributed by atoms with Crippen LogP contribution in [0.3, 0.4) is 0 Å². The second kappa shape index (κ2) is 4.13. The van der Waals surface area contributed by atoms with Crippen LogP contribution in [-0.4, -0.2) is 35.1 Å². The van der Waals surface area contributed by atoms with Crippen LogP contribution in [-0.2, 0) is 4.79 Å². The lowest BCUT2D eigenvalue weighted by atomic mass is 10.2. The summed E-state index contributed by atoms with van der Waals surface area (Å²) in [6, 6.07) is -0.237. The quantitative estimate of drug-likeness (QED) is 0.691. The maximum Gasteiger partial charge on any atom is 0.320 e. The number of rotatable bonds is 4. The first-order valence-corrected chi connectivity index (χ1v) is 5.41. The number of allylic oxidation sites excluding steroid dienone is 1. The predicted molar refractivity (Wildman–Crippen MR) is 54.1 cm³/mol. The third-order valence-corrected chi connectivity index (χ3v) is 3.02. The van der Waals surface area contributed by atoms with Gasteiger partial charge in [-0.3, -0.25) is 9.69 Å². The van der Waals surface area contributed by atoms with E-state index in [0.29, 0.717) is 0 Å². The minimum Gasteiger partial charge on any atom is -0.480 e. The van der Waals surface area contributed by atoms with Crippen molar-refractivity contribution in [3.8, 4) is 0 Å². The Hall–Kier alpha value is -0.830. The van der Waals surface area contributed by atoms with Crippen molar-refractivity contribution in [1.29, 1.82) is 0 Å². The molecule has 3 heteroatoms. The Morgan fingerprint density at radius 1 is 1.43 bits per heavy atom. The highest BCUT2D eigenvalue weighted by molar-refractivity contribution is 5.73. The molecule has 1 aliphatic heterocycles. The van der Waals surface area contributed by atoms with E-state index in [1.807, 2.05) is 0 Å². The molecule has 1 saturated carbocycles. The fourth-order valence-electron chi connectivity index (χ4n) is 2.00. The number of hydrogen-bond acceptors (Lipinski definition) is 2. The normalized spacial score (nSPS) is 28.7. The first kappa shape index (κ1) is 9.71. The number of aliphatic carboxylic acids is 1. The van der Waals surface area contributed by atoms with Crippen molar-refractivity contribution in [2.75, 3.05) is 13.1 Å². The SMILES string of the molecule is O=C(O)[C@@H]1CCCN1CC=CC1CC1. The fourth-order valence-corrected chi connectivity index (χ4v) is 2.00. The van der Waals surface area contributed by atoms with Crippen LogP contribution >= 0.6 is 0 Å². The predicted octanol–water partition coefficient (Wildman–Crippen LogP) is 1.50. The Balaban J connectivity index is 1.80. The third-order valence-electron chi connectivity index (χ3n) is 3.02. The van der Waals surface area contributed by atoms with Gasteiger partial charge in [0.1, 0.15) is 6.04 Å². The molecule has 1 N–H and O–H groups in total. The van der Waals surface area contributed by atoms with E-state index < -0.39 is 5.97 Å². The molecule has 0 amide bonds. The summed E-state index contributed by atoms with van der Waals surface area (Å²) in [5.41, 5.74) is 0. The van der Waals surface area contributed by atoms with Crippen LogP contribution in [0, 0.1) is 5.92 Å². The summed E-state index contributed by atoms with van der Waals surface area (Å²) >= 11 is 0. The van der Waals surface area contributed by atoms with E-state index in [4.69, 9.17) is 5.11 Å². The fraction of sp³-hybridized carbons (Fsp3) is 0.727. The highest BCUT2D eigenvalue weighted by Crippen LogP contribution is 2.30. The van der Waals surface area contributed by atoms with Crippen molar-refractivity contribution in [2.45, 2.75) is 31.7 Å². The van der Waals surface area contributed by atoms with Gasteiger partial charge in [0.25, 0.3) is 0 Å². The van der Waals surface area contributed by atoms with Gasteiger partial charge in [-0.25, -0.2) is 0 Å². The van der Waals surface area contributed by atoms with E-state index in [2.05, 4.69) is 17.1 Å². The van der Waals surface area contributed by atoms with E-state index in [1.165, 1.54) is 12.8 Å². The number of likely N-dealkylation sites (tertiary alicyclic amines) is 1. The Morgan fingerprint density at radius 2 is 2.21 bits per heavy atom. The van der Waals surface area contributed by atoms with Crippen LogP contribution in [0.25, 0.3) is 0 Å². The highest BCUT2D eigenvalue weighted by atomic mass is 16.4. The zero-order chi connectivity index (χ0) is 9.97. The maximum absolute atomic E-state index is 10.9. The van der Waals surface area contributed by atoms with Gasteiger partial charge in [0, 0.05) is 6.54 Å². The summed E-state index contributed by atoms with van der Waals surface area (Å²) in [6.45, 7) is 1.75. The lowest BCUT2D eigenvalue weighted by molar-refractivity contribution is -0.141. The van der Waals surface area contributed by atoms with Gasteiger partial charge in [-0.15, -0.1) is 0 Å². The van der Waals surface area contributed by atoms with Crippen LogP contribution < -0.4 is 0 Å². The van der Waals surface area contributed by atoms with Gasteiger partial charge in [-0.2, -0.15) is 0 Å². The molecule has 0 bridgehead atoms. The second-order valence-corrected chi connectivity index (χ2v) is 4.26. The zero-order valence-corrected chi connectivity index (χ0v) is 8.35. The van der Waals surface area contributed by atoms with E-state index in [9.17, 15) is 4.79 Å². The summed E-state index contributed by atoms with van der Waals surface area (Å²) in [7, 11) is 0. The van der Waals surface area contributed by atoms with Gasteiger partial charge >= 0.3 is 5.97 Å². The summed E-state index contributed by atoms with van der Waals surface area (Å²) in [5, 5.41) is 8.94. The summed E-state index contributed by atoms with van der Waals surface area (Å²) in [5.74, 6) is 0.128. The molecule has 1 atom stereocenters. The van der Waals surface area contributed by atoms with Crippen molar-refractivity contribution >= 4 is 5.97 Å². The van der Waals surface area contributed by atoms with Gasteiger partial charge in [0.2, 0.25) is 0 Å². The number of nitrogens with zero attached hydrogens (tertiary/aromatic N) is 1. The van der Waals surface area contributed by atoms with E-state index in [1.54, 1.807) is 0 Å². The summed E-state index contributed by atoms with van der Waals surface area (Å²) < 4.78 is 0. The molecular weight excluding hydrogens is 178 g/mol. The first-order chi connectivity index (χ1) is 6.77. The molecule has 2 aliphatic rings. The molecule has 0 aromatic heterocycles. The van der Waals surface area contributed by atoms with E-state index in [0.717, 1.165) is 31.8 Å². The monoisotopic (exact) mass is 195 g/mol. The molecular formula is C11H17NO2. The van der Waals surface area contributed by atoms with Crippen molar-refractivity contribution in [3.05, 3.63) is 12.2 Å². The van der Waals surface area contributed by atoms with Crippen molar-refractivity contribution in [2.24, 2.45) is 5.92 Å². The standard InChI is InChI=1S/C11H17NO2/c13-11(14)10-4-2-8-12(10)7-1-3-9-5-6-9/h1,3,9-10H,2,4-8H2,(H,13,14)/t10-/m0/s1. The minimum atomic E-state index is -0.665. The van der Waals surface area contributed by atoms with Crippen molar-refractivity contribution in [3.63, 3.8) is 0 Å². The Bertz CT molecular complexity index is 246. The number of carboxylic acid groups (broad SMARTS) is 1. The lowest BCUT2D eigenvalue weighted by Crippen LogP contribution is -2.35. The first-order valence-electron chi connectivity index (χ1n) is 5.41. The molecule has 0 aromatic rings. The molecule has 0 aromatic carbocycles. The van der Waals surface area contributed by atoms with Crippen LogP contribution in [0.4, 0.5) is 0 Å². The molecule has 1 saturated heterocycles. The molecule has 0 unspecified atom stereocenters. The van der Waals surface area contributed by atoms with Gasteiger partial charge < -0.3 is 5.11 Å². The van der Waals surface area contributed by atoms with Crippen LogP contribution in [0.1, 0.15) is 25.7 Å². The molecule has 0 spiro atoms. The average Bonchev–Trinajstić information content (AvgIpc) is 2.82. The average molecular weight is 195 g/mol. The molecule has 14 heavy (non-hydrogen) atoms. The van der Waals surface area contributed by atoms with Gasteiger partial charge in [-0.05, 0) is 38.1 Å². The molecule has 1 aliphatic carbocycles. The molecule has 1 heterocycles. The largest absolute Gasteiger partial charge is 0.480 e. The third kappa shape index (κ3) is 2.35. The van der Waals surface area contributed by atoms with E-state index >= 15 is 0 Å². The number of carbonyl (C=O) groups is 1. The Kier molecular flexibility index (Phi) is 2.87. The highest BCUT2D eigenvalue weighted by Gasteiger charge is 2.29. The smallest absolute Gasteiger partial charge is 0.320 e. The Morgan fingerprint density at radius 3 is 2.86 bits per heavy atom. The molecule has 2 fully saturated rings. The summed E-state index contributed by atoms with van der Waals surface area (Å²) in [6.07, 6.45) is 8.84. The number of carboxylic acids is 1. The van der Waals surface area contributed by atoms with Crippen LogP contribution in [0.2, 0.25) is 0 Å². The number of hydrogen-bond donors (Lipinski definition) is 1. The minimum absolute atomic E-state index is 0.237. The topological polar surface area (TPSA) is 40.5 Å². The van der Waals surface area contributed by atoms with Gasteiger partial charge in [-0.1, -0.05) is 12.2 Å². The van der Waals surface area contributed by atoms with Crippen molar-refractivity contribution < 1.29 is 9.90 Å². The maximum atomic E-state index is 10.9. The molecule has 2 rings (SSSR count). The summed E-state index contributed by atoms with van der Waals surface area (Å²) in [4.78, 5) is 12.9. The van der Waals surface area contributed by atoms with Gasteiger partial charge in [0.05, 0.1) is 0 Å². The second-order valence-electron chi connectivity index (χ2n) is 4.26. The molecule has 78 valence electrons. The zero-order valence-electron chi connectivity index (χ0n) is 8.35. The van der Waals surface area contributed by atoms with Crippen LogP contribution in [0.5, 0.6) is 0 Å². The molecule has 3 nitrogen and oxygen atoms in total. The lowest BCUT2D eigenvalue weighted by Gasteiger charge is -2.18. The van der Waals surface area contributed by atoms with Crippen molar-refractivity contribution in [1.82, 2.24) is 4.90 Å².